The van der Waals surface area contributed by atoms with Crippen LogP contribution in [-0.2, 0) is 0 Å². The molecular formula is C10H16O. The van der Waals surface area contributed by atoms with E-state index in [0.29, 0.717) is 0 Å². The van der Waals surface area contributed by atoms with E-state index in [9.17, 15) is 0 Å². The zero-order chi connectivity index (χ0) is 7.94. The molecule has 0 amide bonds. The van der Waals surface area contributed by atoms with Crippen LogP contribution in [0.2, 0.25) is 0 Å². The van der Waals surface area contributed by atoms with Crippen molar-refractivity contribution in [2.24, 2.45) is 0 Å². The lowest BCUT2D eigenvalue weighted by atomic mass is 9.96. The van der Waals surface area contributed by atoms with Gasteiger partial charge in [-0.3, -0.25) is 0 Å². The van der Waals surface area contributed by atoms with Crippen molar-refractivity contribution in [1.82, 2.24) is 0 Å². The normalized spacial score (nSPS) is 18.7. The number of allylic oxidation sites excluding steroid dienone is 3. The standard InChI is InChI=1S/C10H16O/c11-9-5-4-8-10-6-2-1-3-7-10/h5-6,9,11H,1-4,7-8H2. The number of aliphatic hydroxyl groups excluding tert-OH is 1. The molecule has 0 heterocycles. The molecule has 0 saturated heterocycles. The Hall–Kier alpha value is -0.720. The van der Waals surface area contributed by atoms with E-state index in [-0.39, 0.29) is 0 Å². The molecule has 0 fully saturated rings. The molecule has 1 rings (SSSR count). The SMILES string of the molecule is OC=CCCC1=CCCCC1. The first-order chi connectivity index (χ1) is 5.43. The van der Waals surface area contributed by atoms with Crippen molar-refractivity contribution in [2.45, 2.75) is 38.5 Å². The van der Waals surface area contributed by atoms with Gasteiger partial charge in [-0.15, -0.1) is 0 Å². The van der Waals surface area contributed by atoms with Crippen LogP contribution >= 0.6 is 0 Å². The Balaban J connectivity index is 2.19. The lowest BCUT2D eigenvalue weighted by Crippen LogP contribution is -1.90. The molecule has 0 saturated carbocycles. The summed E-state index contributed by atoms with van der Waals surface area (Å²) >= 11 is 0. The molecule has 1 aliphatic rings. The van der Waals surface area contributed by atoms with E-state index < -0.39 is 0 Å². The Morgan fingerprint density at radius 1 is 1.45 bits per heavy atom. The average Bonchev–Trinajstić information content (AvgIpc) is 2.07. The predicted octanol–water partition coefficient (Wildman–Crippen LogP) is 3.34. The molecule has 62 valence electrons. The predicted molar refractivity (Wildman–Crippen MR) is 47.6 cm³/mol. The van der Waals surface area contributed by atoms with Gasteiger partial charge in [-0.05, 0) is 44.6 Å². The molecular weight excluding hydrogens is 136 g/mol. The largest absolute Gasteiger partial charge is 0.516 e. The van der Waals surface area contributed by atoms with Crippen molar-refractivity contribution in [3.05, 3.63) is 24.0 Å². The lowest BCUT2D eigenvalue weighted by molar-refractivity contribution is 0.470. The van der Waals surface area contributed by atoms with Crippen LogP contribution in [-0.4, -0.2) is 5.11 Å². The molecule has 1 N–H and O–H groups in total. The topological polar surface area (TPSA) is 20.2 Å². The van der Waals surface area contributed by atoms with Gasteiger partial charge >= 0.3 is 0 Å². The zero-order valence-electron chi connectivity index (χ0n) is 6.92. The van der Waals surface area contributed by atoms with E-state index in [1.807, 2.05) is 6.08 Å². The highest BCUT2D eigenvalue weighted by atomic mass is 16.2. The molecule has 0 bridgehead atoms. The molecule has 0 atom stereocenters. The van der Waals surface area contributed by atoms with Crippen LogP contribution in [0.5, 0.6) is 0 Å². The second-order valence-corrected chi connectivity index (χ2v) is 3.03. The highest BCUT2D eigenvalue weighted by Crippen LogP contribution is 2.21. The van der Waals surface area contributed by atoms with Gasteiger partial charge in [-0.25, -0.2) is 0 Å². The minimum Gasteiger partial charge on any atom is -0.516 e. The molecule has 1 aliphatic carbocycles. The molecule has 0 unspecified atom stereocenters. The monoisotopic (exact) mass is 152 g/mol. The minimum absolute atomic E-state index is 0.988. The third kappa shape index (κ3) is 3.26. The first-order valence-corrected chi connectivity index (χ1v) is 4.40. The van der Waals surface area contributed by atoms with Crippen LogP contribution in [0.15, 0.2) is 24.0 Å². The van der Waals surface area contributed by atoms with E-state index in [4.69, 9.17) is 5.11 Å². The molecule has 1 heteroatoms. The van der Waals surface area contributed by atoms with Gasteiger partial charge < -0.3 is 5.11 Å². The van der Waals surface area contributed by atoms with Crippen molar-refractivity contribution in [2.75, 3.05) is 0 Å². The summed E-state index contributed by atoms with van der Waals surface area (Å²) in [6.07, 6.45) is 12.7. The van der Waals surface area contributed by atoms with Gasteiger partial charge in [0.15, 0.2) is 0 Å². The van der Waals surface area contributed by atoms with Crippen LogP contribution in [0.1, 0.15) is 38.5 Å². The summed E-state index contributed by atoms with van der Waals surface area (Å²) in [6, 6.07) is 0. The van der Waals surface area contributed by atoms with Crippen molar-refractivity contribution >= 4 is 0 Å². The fraction of sp³-hybridized carbons (Fsp3) is 0.600. The van der Waals surface area contributed by atoms with Gasteiger partial charge in [0.2, 0.25) is 0 Å². The summed E-state index contributed by atoms with van der Waals surface area (Å²) in [7, 11) is 0. The third-order valence-corrected chi connectivity index (χ3v) is 2.12. The van der Waals surface area contributed by atoms with Crippen molar-refractivity contribution in [3.8, 4) is 0 Å². The van der Waals surface area contributed by atoms with Crippen LogP contribution in [0.3, 0.4) is 0 Å². The number of hydrogen-bond donors (Lipinski definition) is 1. The Bertz CT molecular complexity index is 156. The average molecular weight is 152 g/mol. The molecule has 0 aromatic carbocycles. The van der Waals surface area contributed by atoms with Gasteiger partial charge in [-0.2, -0.15) is 0 Å². The van der Waals surface area contributed by atoms with Crippen molar-refractivity contribution in [3.63, 3.8) is 0 Å². The molecule has 0 radical (unpaired) electrons. The highest BCUT2D eigenvalue weighted by molar-refractivity contribution is 5.05. The lowest BCUT2D eigenvalue weighted by Gasteiger charge is -2.10. The summed E-state index contributed by atoms with van der Waals surface area (Å²) in [5.41, 5.74) is 1.58. The summed E-state index contributed by atoms with van der Waals surface area (Å²) in [5.74, 6) is 0. The van der Waals surface area contributed by atoms with Crippen LogP contribution in [0.4, 0.5) is 0 Å². The van der Waals surface area contributed by atoms with Crippen LogP contribution in [0.25, 0.3) is 0 Å². The van der Waals surface area contributed by atoms with E-state index in [1.54, 1.807) is 5.57 Å². The first kappa shape index (κ1) is 8.38. The van der Waals surface area contributed by atoms with Gasteiger partial charge in [0.1, 0.15) is 0 Å². The van der Waals surface area contributed by atoms with Crippen molar-refractivity contribution in [1.29, 1.82) is 0 Å². The Morgan fingerprint density at radius 2 is 2.36 bits per heavy atom. The smallest absolute Gasteiger partial charge is 0.0751 e. The summed E-state index contributed by atoms with van der Waals surface area (Å²) in [6.45, 7) is 0. The fourth-order valence-corrected chi connectivity index (χ4v) is 1.47. The Labute approximate surface area is 68.4 Å². The third-order valence-electron chi connectivity index (χ3n) is 2.12. The number of rotatable bonds is 3. The maximum Gasteiger partial charge on any atom is 0.0751 e. The molecule has 1 nitrogen and oxygen atoms in total. The Kier molecular flexibility index (Phi) is 3.81. The van der Waals surface area contributed by atoms with Gasteiger partial charge in [0.25, 0.3) is 0 Å². The maximum absolute atomic E-state index is 8.40. The summed E-state index contributed by atoms with van der Waals surface area (Å²) < 4.78 is 0. The number of hydrogen-bond acceptors (Lipinski definition) is 1. The fourth-order valence-electron chi connectivity index (χ4n) is 1.47. The summed E-state index contributed by atoms with van der Waals surface area (Å²) in [5, 5.41) is 8.40. The van der Waals surface area contributed by atoms with E-state index in [1.165, 1.54) is 25.7 Å². The van der Waals surface area contributed by atoms with E-state index in [0.717, 1.165) is 19.1 Å². The summed E-state index contributed by atoms with van der Waals surface area (Å²) in [4.78, 5) is 0. The molecule has 0 spiro atoms. The van der Waals surface area contributed by atoms with Gasteiger partial charge in [0, 0.05) is 0 Å². The first-order valence-electron chi connectivity index (χ1n) is 4.40. The molecule has 11 heavy (non-hydrogen) atoms. The van der Waals surface area contributed by atoms with Crippen LogP contribution < -0.4 is 0 Å². The zero-order valence-corrected chi connectivity index (χ0v) is 6.92. The quantitative estimate of drug-likeness (QED) is 0.485. The second kappa shape index (κ2) is 5.00. The highest BCUT2D eigenvalue weighted by Gasteiger charge is 2.01. The molecule has 0 aliphatic heterocycles. The van der Waals surface area contributed by atoms with Gasteiger partial charge in [0.05, 0.1) is 6.26 Å². The molecule has 0 aromatic heterocycles. The second-order valence-electron chi connectivity index (χ2n) is 3.03. The van der Waals surface area contributed by atoms with Crippen LogP contribution in [0, 0.1) is 0 Å². The Morgan fingerprint density at radius 3 is 3.00 bits per heavy atom. The van der Waals surface area contributed by atoms with E-state index in [2.05, 4.69) is 6.08 Å². The minimum atomic E-state index is 0.988. The molecule has 0 aromatic rings. The van der Waals surface area contributed by atoms with Gasteiger partial charge in [-0.1, -0.05) is 11.6 Å². The van der Waals surface area contributed by atoms with E-state index >= 15 is 0 Å². The maximum atomic E-state index is 8.40. The number of aliphatic hydroxyl groups is 1. The van der Waals surface area contributed by atoms with Crippen molar-refractivity contribution < 1.29 is 5.11 Å².